The number of aliphatic hydroxyl groups is 1. The predicted molar refractivity (Wildman–Crippen MR) is 70.1 cm³/mol. The highest BCUT2D eigenvalue weighted by Gasteiger charge is 2.03. The molecule has 0 fully saturated rings. The van der Waals surface area contributed by atoms with E-state index in [0.29, 0.717) is 6.61 Å². The van der Waals surface area contributed by atoms with Crippen LogP contribution in [-0.2, 0) is 6.54 Å². The molecule has 3 nitrogen and oxygen atoms in total. The van der Waals surface area contributed by atoms with Gasteiger partial charge in [-0.1, -0.05) is 31.7 Å². The molecule has 0 bridgehead atoms. The Kier molecular flexibility index (Phi) is 6.37. The number of aliphatic hydroxyl groups excluding tert-OH is 1. The van der Waals surface area contributed by atoms with Gasteiger partial charge in [0.2, 0.25) is 0 Å². The normalized spacial score (nSPS) is 12.1. The number of rotatable bonds is 8. The first-order chi connectivity index (χ1) is 8.30. The zero-order valence-corrected chi connectivity index (χ0v) is 10.4. The standard InChI is InChI=1S/C14H21NO2/c1-3-8-17-14-7-5-6-12(9-14)10-15-13(4-2)11-16/h3,5-7,9,13,15-16H,1,4,8,10-11H2,2H3. The van der Waals surface area contributed by atoms with E-state index in [9.17, 15) is 0 Å². The van der Waals surface area contributed by atoms with Crippen LogP contribution in [0.2, 0.25) is 0 Å². The molecular weight excluding hydrogens is 214 g/mol. The lowest BCUT2D eigenvalue weighted by Crippen LogP contribution is -2.31. The zero-order valence-electron chi connectivity index (χ0n) is 10.4. The van der Waals surface area contributed by atoms with Crippen molar-refractivity contribution in [2.24, 2.45) is 0 Å². The SMILES string of the molecule is C=CCOc1cccc(CNC(CC)CO)c1. The summed E-state index contributed by atoms with van der Waals surface area (Å²) in [4.78, 5) is 0. The molecule has 0 aliphatic heterocycles. The summed E-state index contributed by atoms with van der Waals surface area (Å²) in [6.45, 7) is 7.10. The Hall–Kier alpha value is -1.32. The van der Waals surface area contributed by atoms with Gasteiger partial charge in [-0.15, -0.1) is 0 Å². The summed E-state index contributed by atoms with van der Waals surface area (Å²) in [6, 6.07) is 8.09. The molecule has 1 aromatic carbocycles. The average Bonchev–Trinajstić information content (AvgIpc) is 2.38. The maximum Gasteiger partial charge on any atom is 0.120 e. The molecule has 1 unspecified atom stereocenters. The summed E-state index contributed by atoms with van der Waals surface area (Å²) in [6.07, 6.45) is 2.65. The lowest BCUT2D eigenvalue weighted by molar-refractivity contribution is 0.238. The molecule has 0 heterocycles. The molecule has 1 rings (SSSR count). The Bertz CT molecular complexity index is 335. The molecule has 0 aliphatic carbocycles. The van der Waals surface area contributed by atoms with Crippen LogP contribution in [0.4, 0.5) is 0 Å². The van der Waals surface area contributed by atoms with Gasteiger partial charge in [0.1, 0.15) is 12.4 Å². The van der Waals surface area contributed by atoms with Gasteiger partial charge in [0.25, 0.3) is 0 Å². The van der Waals surface area contributed by atoms with E-state index in [1.807, 2.05) is 24.3 Å². The minimum absolute atomic E-state index is 0.160. The fourth-order valence-electron chi connectivity index (χ4n) is 1.50. The third-order valence-corrected chi connectivity index (χ3v) is 2.57. The molecule has 0 aromatic heterocycles. The average molecular weight is 235 g/mol. The highest BCUT2D eigenvalue weighted by atomic mass is 16.5. The fourth-order valence-corrected chi connectivity index (χ4v) is 1.50. The number of hydrogen-bond donors (Lipinski definition) is 2. The van der Waals surface area contributed by atoms with Crippen LogP contribution in [0.1, 0.15) is 18.9 Å². The van der Waals surface area contributed by atoms with E-state index >= 15 is 0 Å². The van der Waals surface area contributed by atoms with Crippen LogP contribution in [-0.4, -0.2) is 24.4 Å². The molecule has 94 valence electrons. The summed E-state index contributed by atoms with van der Waals surface area (Å²) in [7, 11) is 0. The van der Waals surface area contributed by atoms with Crippen molar-refractivity contribution in [1.29, 1.82) is 0 Å². The summed E-state index contributed by atoms with van der Waals surface area (Å²) in [5, 5.41) is 12.4. The van der Waals surface area contributed by atoms with Crippen molar-refractivity contribution in [1.82, 2.24) is 5.32 Å². The van der Waals surface area contributed by atoms with Crippen LogP contribution < -0.4 is 10.1 Å². The Morgan fingerprint density at radius 2 is 2.35 bits per heavy atom. The van der Waals surface area contributed by atoms with Crippen LogP contribution in [0.25, 0.3) is 0 Å². The summed E-state index contributed by atoms with van der Waals surface area (Å²) in [5.41, 5.74) is 1.15. The first-order valence-corrected chi connectivity index (χ1v) is 5.97. The van der Waals surface area contributed by atoms with Gasteiger partial charge in [-0.25, -0.2) is 0 Å². The highest BCUT2D eigenvalue weighted by Crippen LogP contribution is 2.13. The topological polar surface area (TPSA) is 41.5 Å². The summed E-state index contributed by atoms with van der Waals surface area (Å²) >= 11 is 0. The van der Waals surface area contributed by atoms with Gasteiger partial charge in [-0.2, -0.15) is 0 Å². The van der Waals surface area contributed by atoms with Crippen molar-refractivity contribution < 1.29 is 9.84 Å². The van der Waals surface area contributed by atoms with Gasteiger partial charge in [-0.05, 0) is 24.1 Å². The van der Waals surface area contributed by atoms with Crippen LogP contribution >= 0.6 is 0 Å². The van der Waals surface area contributed by atoms with Gasteiger partial charge < -0.3 is 15.2 Å². The van der Waals surface area contributed by atoms with Crippen LogP contribution in [0.15, 0.2) is 36.9 Å². The van der Waals surface area contributed by atoms with Crippen LogP contribution in [0, 0.1) is 0 Å². The van der Waals surface area contributed by atoms with Gasteiger partial charge in [0.15, 0.2) is 0 Å². The van der Waals surface area contributed by atoms with Crippen molar-refractivity contribution in [2.45, 2.75) is 25.9 Å². The second-order valence-corrected chi connectivity index (χ2v) is 3.92. The van der Waals surface area contributed by atoms with E-state index in [1.54, 1.807) is 6.08 Å². The van der Waals surface area contributed by atoms with Crippen molar-refractivity contribution in [3.63, 3.8) is 0 Å². The third kappa shape index (κ3) is 5.02. The van der Waals surface area contributed by atoms with E-state index in [1.165, 1.54) is 0 Å². The first-order valence-electron chi connectivity index (χ1n) is 5.97. The largest absolute Gasteiger partial charge is 0.490 e. The molecule has 17 heavy (non-hydrogen) atoms. The third-order valence-electron chi connectivity index (χ3n) is 2.57. The maximum atomic E-state index is 9.08. The second-order valence-electron chi connectivity index (χ2n) is 3.92. The van der Waals surface area contributed by atoms with Crippen LogP contribution in [0.3, 0.4) is 0 Å². The maximum absolute atomic E-state index is 9.08. The molecule has 0 amide bonds. The number of ether oxygens (including phenoxy) is 1. The van der Waals surface area contributed by atoms with Crippen molar-refractivity contribution in [3.8, 4) is 5.75 Å². The number of nitrogens with one attached hydrogen (secondary N) is 1. The molecule has 2 N–H and O–H groups in total. The van der Waals surface area contributed by atoms with E-state index < -0.39 is 0 Å². The Morgan fingerprint density at radius 3 is 3.00 bits per heavy atom. The molecule has 3 heteroatoms. The number of hydrogen-bond acceptors (Lipinski definition) is 3. The molecular formula is C14H21NO2. The quantitative estimate of drug-likeness (QED) is 0.678. The van der Waals surface area contributed by atoms with Gasteiger partial charge in [0.05, 0.1) is 6.61 Å². The fraction of sp³-hybridized carbons (Fsp3) is 0.429. The minimum atomic E-state index is 0.160. The Morgan fingerprint density at radius 1 is 1.53 bits per heavy atom. The Labute approximate surface area is 103 Å². The van der Waals surface area contributed by atoms with Gasteiger partial charge in [0, 0.05) is 12.6 Å². The van der Waals surface area contributed by atoms with E-state index in [-0.39, 0.29) is 12.6 Å². The van der Waals surface area contributed by atoms with E-state index in [4.69, 9.17) is 9.84 Å². The first kappa shape index (κ1) is 13.7. The second kappa shape index (κ2) is 7.87. The van der Waals surface area contributed by atoms with Crippen molar-refractivity contribution in [3.05, 3.63) is 42.5 Å². The highest BCUT2D eigenvalue weighted by molar-refractivity contribution is 5.28. The molecule has 0 saturated heterocycles. The Balaban J connectivity index is 2.50. The molecule has 0 aliphatic rings. The molecule has 1 aromatic rings. The lowest BCUT2D eigenvalue weighted by Gasteiger charge is -2.14. The summed E-state index contributed by atoms with van der Waals surface area (Å²) < 4.78 is 5.46. The van der Waals surface area contributed by atoms with Gasteiger partial charge >= 0.3 is 0 Å². The molecule has 0 saturated carbocycles. The lowest BCUT2D eigenvalue weighted by atomic mass is 10.2. The molecule has 0 radical (unpaired) electrons. The number of benzene rings is 1. The summed E-state index contributed by atoms with van der Waals surface area (Å²) in [5.74, 6) is 0.848. The van der Waals surface area contributed by atoms with E-state index in [2.05, 4.69) is 18.8 Å². The van der Waals surface area contributed by atoms with Crippen molar-refractivity contribution in [2.75, 3.05) is 13.2 Å². The minimum Gasteiger partial charge on any atom is -0.490 e. The smallest absolute Gasteiger partial charge is 0.120 e. The van der Waals surface area contributed by atoms with Crippen molar-refractivity contribution >= 4 is 0 Å². The predicted octanol–water partition coefficient (Wildman–Crippen LogP) is 2.11. The zero-order chi connectivity index (χ0) is 12.5. The monoisotopic (exact) mass is 235 g/mol. The van der Waals surface area contributed by atoms with Crippen LogP contribution in [0.5, 0.6) is 5.75 Å². The molecule has 1 atom stereocenters. The van der Waals surface area contributed by atoms with Gasteiger partial charge in [-0.3, -0.25) is 0 Å². The molecule has 0 spiro atoms. The van der Waals surface area contributed by atoms with E-state index in [0.717, 1.165) is 24.3 Å².